The second-order valence-electron chi connectivity index (χ2n) is 9.67. The number of hydrogen-bond acceptors (Lipinski definition) is 9. The number of methoxy groups -OCH3 is 2. The Labute approximate surface area is 266 Å². The number of imidazole rings is 2. The zero-order valence-electron chi connectivity index (χ0n) is 24.2. The molecule has 228 valence electrons. The van der Waals surface area contributed by atoms with Gasteiger partial charge >= 0.3 is 0 Å². The van der Waals surface area contributed by atoms with E-state index >= 15 is 0 Å². The number of hydrogen-bond donors (Lipinski definition) is 4. The third-order valence-electron chi connectivity index (χ3n) is 6.53. The minimum atomic E-state index is -0.152. The van der Waals surface area contributed by atoms with Crippen LogP contribution in [-0.2, 0) is 9.59 Å². The van der Waals surface area contributed by atoms with Crippen molar-refractivity contribution in [2.24, 2.45) is 0 Å². The first-order chi connectivity index (χ1) is 21.9. The van der Waals surface area contributed by atoms with E-state index in [4.69, 9.17) is 14.2 Å². The highest BCUT2D eigenvalue weighted by molar-refractivity contribution is 8.00. The van der Waals surface area contributed by atoms with Gasteiger partial charge in [-0.05, 0) is 72.8 Å². The van der Waals surface area contributed by atoms with Gasteiger partial charge in [-0.3, -0.25) is 9.59 Å². The number of nitrogens with zero attached hydrogens (tertiary/aromatic N) is 2. The molecule has 6 aromatic rings. The van der Waals surface area contributed by atoms with E-state index in [1.54, 1.807) is 62.8 Å². The van der Waals surface area contributed by atoms with Gasteiger partial charge in [0.1, 0.15) is 23.0 Å². The van der Waals surface area contributed by atoms with Gasteiger partial charge in [-0.1, -0.05) is 23.5 Å². The molecule has 0 fully saturated rings. The summed E-state index contributed by atoms with van der Waals surface area (Å²) in [5.74, 6) is 2.79. The molecule has 0 saturated carbocycles. The van der Waals surface area contributed by atoms with Crippen molar-refractivity contribution in [2.45, 2.75) is 10.3 Å². The molecule has 0 aliphatic rings. The summed E-state index contributed by atoms with van der Waals surface area (Å²) in [7, 11) is 3.23. The van der Waals surface area contributed by atoms with Gasteiger partial charge in [0.25, 0.3) is 0 Å². The maximum Gasteiger partial charge on any atom is 0.234 e. The number of ether oxygens (including phenoxy) is 3. The summed E-state index contributed by atoms with van der Waals surface area (Å²) in [6.45, 7) is 0. The van der Waals surface area contributed by atoms with E-state index in [1.165, 1.54) is 23.5 Å². The number of amides is 2. The SMILES string of the molecule is COc1ccc2nc(SCC(=O)Nc3ccc(Oc4ccc(NC(=O)CSc5nc6ccc(OC)cc6[nH]5)cc4)cc3)[nH]c2c1. The van der Waals surface area contributed by atoms with Crippen LogP contribution in [0.25, 0.3) is 22.1 Å². The highest BCUT2D eigenvalue weighted by atomic mass is 32.2. The van der Waals surface area contributed by atoms with Gasteiger partial charge in [0.2, 0.25) is 11.8 Å². The van der Waals surface area contributed by atoms with Crippen LogP contribution in [-0.4, -0.2) is 57.5 Å². The molecule has 0 bridgehead atoms. The fraction of sp³-hybridized carbons (Fsp3) is 0.125. The number of carbonyl (C=O) groups is 2. The number of thioether (sulfide) groups is 2. The fourth-order valence-electron chi connectivity index (χ4n) is 4.33. The number of aromatic amines is 2. The Bertz CT molecular complexity index is 1820. The zero-order chi connectivity index (χ0) is 31.2. The topological polar surface area (TPSA) is 143 Å². The second kappa shape index (κ2) is 13.7. The molecule has 4 aromatic carbocycles. The molecule has 0 aliphatic heterocycles. The molecule has 6 rings (SSSR count). The van der Waals surface area contributed by atoms with Gasteiger partial charge in [-0.25, -0.2) is 9.97 Å². The standard InChI is InChI=1S/C32H28N6O5S2/c1-41-23-11-13-25-27(15-23)37-31(35-25)44-17-29(39)33-19-3-7-21(8-4-19)43-22-9-5-20(6-10-22)34-30(40)18-45-32-36-26-14-12-24(42-2)16-28(26)38-32/h3-16H,17-18H2,1-2H3,(H,33,39)(H,34,40)(H,35,37)(H,36,38). The maximum absolute atomic E-state index is 12.5. The first kappa shape index (κ1) is 29.9. The summed E-state index contributed by atoms with van der Waals surface area (Å²) in [6, 6.07) is 25.4. The highest BCUT2D eigenvalue weighted by Crippen LogP contribution is 2.27. The third-order valence-corrected chi connectivity index (χ3v) is 8.27. The molecule has 0 spiro atoms. The molecule has 0 unspecified atom stereocenters. The van der Waals surface area contributed by atoms with E-state index in [0.717, 1.165) is 33.6 Å². The molecular formula is C32H28N6O5S2. The van der Waals surface area contributed by atoms with Gasteiger partial charge in [-0.2, -0.15) is 0 Å². The molecule has 11 nitrogen and oxygen atoms in total. The minimum Gasteiger partial charge on any atom is -0.497 e. The third kappa shape index (κ3) is 7.69. The van der Waals surface area contributed by atoms with Crippen LogP contribution in [0.1, 0.15) is 0 Å². The molecule has 4 N–H and O–H groups in total. The molecule has 0 radical (unpaired) electrons. The van der Waals surface area contributed by atoms with E-state index in [-0.39, 0.29) is 23.3 Å². The van der Waals surface area contributed by atoms with Crippen LogP contribution in [0.2, 0.25) is 0 Å². The largest absolute Gasteiger partial charge is 0.497 e. The summed E-state index contributed by atoms with van der Waals surface area (Å²) in [5.41, 5.74) is 4.63. The number of rotatable bonds is 12. The summed E-state index contributed by atoms with van der Waals surface area (Å²) >= 11 is 2.64. The van der Waals surface area contributed by atoms with Gasteiger partial charge in [0, 0.05) is 23.5 Å². The van der Waals surface area contributed by atoms with Crippen LogP contribution < -0.4 is 24.8 Å². The number of anilines is 2. The van der Waals surface area contributed by atoms with E-state index in [2.05, 4.69) is 30.6 Å². The van der Waals surface area contributed by atoms with Crippen LogP contribution in [0.5, 0.6) is 23.0 Å². The summed E-state index contributed by atoms with van der Waals surface area (Å²) in [6.07, 6.45) is 0. The Kier molecular flexibility index (Phi) is 9.08. The average Bonchev–Trinajstić information content (AvgIpc) is 3.67. The van der Waals surface area contributed by atoms with Crippen LogP contribution in [0.15, 0.2) is 95.2 Å². The Morgan fingerprint density at radius 3 is 1.42 bits per heavy atom. The smallest absolute Gasteiger partial charge is 0.234 e. The Morgan fingerprint density at radius 1 is 0.622 bits per heavy atom. The van der Waals surface area contributed by atoms with Crippen LogP contribution in [0, 0.1) is 0 Å². The summed E-state index contributed by atoms with van der Waals surface area (Å²) in [5, 5.41) is 7.08. The molecule has 2 heterocycles. The molecular weight excluding hydrogens is 613 g/mol. The lowest BCUT2D eigenvalue weighted by molar-refractivity contribution is -0.114. The first-order valence-corrected chi connectivity index (χ1v) is 15.7. The summed E-state index contributed by atoms with van der Waals surface area (Å²) in [4.78, 5) is 40.4. The molecule has 2 aromatic heterocycles. The Balaban J connectivity index is 0.944. The van der Waals surface area contributed by atoms with E-state index in [1.807, 2.05) is 36.4 Å². The molecule has 2 amide bonds. The highest BCUT2D eigenvalue weighted by Gasteiger charge is 2.11. The molecule has 0 aliphatic carbocycles. The number of benzene rings is 4. The van der Waals surface area contributed by atoms with Crippen molar-refractivity contribution >= 4 is 68.8 Å². The molecule has 0 atom stereocenters. The van der Waals surface area contributed by atoms with Gasteiger partial charge in [-0.15, -0.1) is 0 Å². The van der Waals surface area contributed by atoms with Crippen LogP contribution >= 0.6 is 23.5 Å². The van der Waals surface area contributed by atoms with Crippen LogP contribution in [0.3, 0.4) is 0 Å². The lowest BCUT2D eigenvalue weighted by Crippen LogP contribution is -2.14. The van der Waals surface area contributed by atoms with E-state index < -0.39 is 0 Å². The van der Waals surface area contributed by atoms with E-state index in [9.17, 15) is 9.59 Å². The lowest BCUT2D eigenvalue weighted by atomic mass is 10.3. The van der Waals surface area contributed by atoms with Crippen molar-refractivity contribution in [2.75, 3.05) is 36.4 Å². The number of carbonyl (C=O) groups excluding carboxylic acids is 2. The van der Waals surface area contributed by atoms with Crippen molar-refractivity contribution in [1.82, 2.24) is 19.9 Å². The Morgan fingerprint density at radius 2 is 1.02 bits per heavy atom. The lowest BCUT2D eigenvalue weighted by Gasteiger charge is -2.09. The number of H-pyrrole nitrogens is 2. The molecule has 0 saturated heterocycles. The Hall–Kier alpha value is -5.14. The molecule has 45 heavy (non-hydrogen) atoms. The van der Waals surface area contributed by atoms with Gasteiger partial charge in [0.05, 0.1) is 47.8 Å². The first-order valence-electron chi connectivity index (χ1n) is 13.7. The second-order valence-corrected chi connectivity index (χ2v) is 11.6. The predicted octanol–water partition coefficient (Wildman–Crippen LogP) is 6.71. The zero-order valence-corrected chi connectivity index (χ0v) is 25.9. The van der Waals surface area contributed by atoms with E-state index in [0.29, 0.717) is 33.2 Å². The summed E-state index contributed by atoms with van der Waals surface area (Å²) < 4.78 is 16.4. The van der Waals surface area contributed by atoms with Gasteiger partial charge in [0.15, 0.2) is 10.3 Å². The predicted molar refractivity (Wildman–Crippen MR) is 177 cm³/mol. The average molecular weight is 641 g/mol. The fourth-order valence-corrected chi connectivity index (χ4v) is 5.70. The monoisotopic (exact) mass is 640 g/mol. The van der Waals surface area contributed by atoms with Crippen molar-refractivity contribution in [1.29, 1.82) is 0 Å². The molecule has 13 heteroatoms. The number of fused-ring (bicyclic) bond motifs is 2. The maximum atomic E-state index is 12.5. The van der Waals surface area contributed by atoms with Crippen molar-refractivity contribution in [3.63, 3.8) is 0 Å². The van der Waals surface area contributed by atoms with Gasteiger partial charge < -0.3 is 34.8 Å². The normalized spacial score (nSPS) is 11.0. The van der Waals surface area contributed by atoms with Crippen LogP contribution in [0.4, 0.5) is 11.4 Å². The number of nitrogens with one attached hydrogen (secondary N) is 4. The quantitative estimate of drug-likeness (QED) is 0.107. The van der Waals surface area contributed by atoms with Crippen molar-refractivity contribution < 1.29 is 23.8 Å². The van der Waals surface area contributed by atoms with Crippen molar-refractivity contribution in [3.05, 3.63) is 84.9 Å². The van der Waals surface area contributed by atoms with Crippen molar-refractivity contribution in [3.8, 4) is 23.0 Å². The number of aromatic nitrogens is 4. The minimum absolute atomic E-state index is 0.152.